The second-order valence-corrected chi connectivity index (χ2v) is 9.15. The number of H-pyrrole nitrogens is 1. The number of aromatic nitrogens is 1. The van der Waals surface area contributed by atoms with E-state index in [1.165, 1.54) is 11.1 Å². The molecule has 2 saturated heterocycles. The Labute approximate surface area is 183 Å². The van der Waals surface area contributed by atoms with Gasteiger partial charge in [-0.15, -0.1) is 0 Å². The van der Waals surface area contributed by atoms with Crippen LogP contribution in [-0.4, -0.2) is 47.1 Å². The molecule has 1 atom stereocenters. The zero-order valence-corrected chi connectivity index (χ0v) is 18.2. The summed E-state index contributed by atoms with van der Waals surface area (Å²) in [7, 11) is 0. The first-order valence-electron chi connectivity index (χ1n) is 11.4. The monoisotopic (exact) mass is 417 g/mol. The van der Waals surface area contributed by atoms with E-state index in [4.69, 9.17) is 4.74 Å². The van der Waals surface area contributed by atoms with Crippen LogP contribution in [0.3, 0.4) is 0 Å². The minimum atomic E-state index is -0.0271. The third-order valence-corrected chi connectivity index (χ3v) is 7.07. The normalized spacial score (nSPS) is 21.0. The highest BCUT2D eigenvalue weighted by atomic mass is 16.5. The van der Waals surface area contributed by atoms with E-state index in [0.29, 0.717) is 12.1 Å². The highest BCUT2D eigenvalue weighted by Crippen LogP contribution is 2.39. The summed E-state index contributed by atoms with van der Waals surface area (Å²) in [4.78, 5) is 18.3. The summed E-state index contributed by atoms with van der Waals surface area (Å²) in [6.07, 6.45) is 6.28. The number of ether oxygens (including phenoxy) is 1. The first-order chi connectivity index (χ1) is 15.1. The summed E-state index contributed by atoms with van der Waals surface area (Å²) in [5.41, 5.74) is 4.54. The molecule has 3 aromatic rings. The molecule has 1 unspecified atom stereocenters. The SMILES string of the molecule is Cc1ccccc1CN1CCC2(CCC(CNC(=O)c3ccc4[nH]ccc4c3)O2)CC1. The number of nitrogens with one attached hydrogen (secondary N) is 2. The maximum Gasteiger partial charge on any atom is 0.251 e. The molecule has 0 radical (unpaired) electrons. The number of aromatic amines is 1. The highest BCUT2D eigenvalue weighted by molar-refractivity contribution is 5.98. The molecule has 2 aliphatic rings. The van der Waals surface area contributed by atoms with Gasteiger partial charge in [-0.25, -0.2) is 0 Å². The Morgan fingerprint density at radius 3 is 2.84 bits per heavy atom. The van der Waals surface area contributed by atoms with Gasteiger partial charge in [0.05, 0.1) is 11.7 Å². The van der Waals surface area contributed by atoms with Crippen LogP contribution < -0.4 is 5.32 Å². The van der Waals surface area contributed by atoms with Crippen LogP contribution in [0.15, 0.2) is 54.7 Å². The predicted molar refractivity (Wildman–Crippen MR) is 123 cm³/mol. The Hall–Kier alpha value is -2.63. The number of fused-ring (bicyclic) bond motifs is 1. The van der Waals surface area contributed by atoms with Crippen molar-refractivity contribution >= 4 is 16.8 Å². The van der Waals surface area contributed by atoms with Crippen molar-refractivity contribution in [3.8, 4) is 0 Å². The Kier molecular flexibility index (Phi) is 5.55. The molecule has 0 aliphatic carbocycles. The molecule has 2 fully saturated rings. The molecule has 0 bridgehead atoms. The number of amides is 1. The summed E-state index contributed by atoms with van der Waals surface area (Å²) in [5, 5.41) is 4.14. The van der Waals surface area contributed by atoms with Crippen LogP contribution in [0.1, 0.15) is 47.2 Å². The molecule has 5 rings (SSSR count). The average Bonchev–Trinajstić information content (AvgIpc) is 3.42. The molecular weight excluding hydrogens is 386 g/mol. The van der Waals surface area contributed by atoms with Crippen LogP contribution in [0, 0.1) is 6.92 Å². The van der Waals surface area contributed by atoms with E-state index in [-0.39, 0.29) is 17.6 Å². The van der Waals surface area contributed by atoms with E-state index in [0.717, 1.165) is 56.2 Å². The molecule has 2 aliphatic heterocycles. The van der Waals surface area contributed by atoms with Crippen LogP contribution in [0.5, 0.6) is 0 Å². The number of hydrogen-bond acceptors (Lipinski definition) is 3. The summed E-state index contributed by atoms with van der Waals surface area (Å²) in [6, 6.07) is 16.4. The van der Waals surface area contributed by atoms with Gasteiger partial charge in [0.15, 0.2) is 0 Å². The van der Waals surface area contributed by atoms with E-state index in [9.17, 15) is 4.79 Å². The summed E-state index contributed by atoms with van der Waals surface area (Å²) in [5.74, 6) is -0.0271. The van der Waals surface area contributed by atoms with Crippen molar-refractivity contribution in [2.45, 2.75) is 50.9 Å². The minimum absolute atomic E-state index is 0.00165. The van der Waals surface area contributed by atoms with Crippen LogP contribution in [0.25, 0.3) is 10.9 Å². The molecule has 162 valence electrons. The minimum Gasteiger partial charge on any atom is -0.370 e. The first kappa shape index (κ1) is 20.3. The lowest BCUT2D eigenvalue weighted by atomic mass is 9.88. The third-order valence-electron chi connectivity index (χ3n) is 7.07. The third kappa shape index (κ3) is 4.39. The number of hydrogen-bond donors (Lipinski definition) is 2. The summed E-state index contributed by atoms with van der Waals surface area (Å²) in [6.45, 7) is 5.94. The van der Waals surface area contributed by atoms with Gasteiger partial charge < -0.3 is 15.0 Å². The first-order valence-corrected chi connectivity index (χ1v) is 11.4. The Bertz CT molecular complexity index is 1070. The molecule has 0 saturated carbocycles. The lowest BCUT2D eigenvalue weighted by Crippen LogP contribution is -2.45. The number of benzene rings is 2. The number of rotatable bonds is 5. The van der Waals surface area contributed by atoms with Crippen LogP contribution in [-0.2, 0) is 11.3 Å². The standard InChI is InChI=1S/C26H31N3O2/c1-19-4-2-3-5-22(19)18-29-14-11-26(12-15-29)10-8-23(31-26)17-28-25(30)21-6-7-24-20(16-21)9-13-27-24/h2-7,9,13,16,23,27H,8,10-12,14-15,17-18H2,1H3,(H,28,30). The number of likely N-dealkylation sites (tertiary alicyclic amines) is 1. The molecule has 1 aromatic heterocycles. The fourth-order valence-electron chi connectivity index (χ4n) is 5.06. The maximum absolute atomic E-state index is 12.6. The van der Waals surface area contributed by atoms with Crippen molar-refractivity contribution in [3.05, 3.63) is 71.4 Å². The lowest BCUT2D eigenvalue weighted by molar-refractivity contribution is -0.0764. The highest BCUT2D eigenvalue weighted by Gasteiger charge is 2.42. The van der Waals surface area contributed by atoms with Gasteiger partial charge in [-0.2, -0.15) is 0 Å². The van der Waals surface area contributed by atoms with Crippen molar-refractivity contribution in [2.24, 2.45) is 0 Å². The van der Waals surface area contributed by atoms with E-state index < -0.39 is 0 Å². The van der Waals surface area contributed by atoms with Gasteiger partial charge in [0.2, 0.25) is 0 Å². The molecule has 1 amide bonds. The summed E-state index contributed by atoms with van der Waals surface area (Å²) < 4.78 is 6.51. The van der Waals surface area contributed by atoms with Crippen molar-refractivity contribution in [1.29, 1.82) is 0 Å². The van der Waals surface area contributed by atoms with Gasteiger partial charge in [0, 0.05) is 48.8 Å². The van der Waals surface area contributed by atoms with Crippen molar-refractivity contribution in [3.63, 3.8) is 0 Å². The molecule has 31 heavy (non-hydrogen) atoms. The second kappa shape index (κ2) is 8.48. The molecular formula is C26H31N3O2. The molecule has 2 aromatic carbocycles. The predicted octanol–water partition coefficient (Wildman–Crippen LogP) is 4.42. The zero-order chi connectivity index (χ0) is 21.3. The largest absolute Gasteiger partial charge is 0.370 e. The van der Waals surface area contributed by atoms with E-state index in [1.807, 2.05) is 30.5 Å². The lowest BCUT2D eigenvalue weighted by Gasteiger charge is -2.39. The van der Waals surface area contributed by atoms with Crippen LogP contribution in [0.2, 0.25) is 0 Å². The molecule has 3 heterocycles. The quantitative estimate of drug-likeness (QED) is 0.646. The smallest absolute Gasteiger partial charge is 0.251 e. The van der Waals surface area contributed by atoms with E-state index in [2.05, 4.69) is 46.4 Å². The van der Waals surface area contributed by atoms with Gasteiger partial charge in [-0.3, -0.25) is 9.69 Å². The fourth-order valence-corrected chi connectivity index (χ4v) is 5.06. The van der Waals surface area contributed by atoms with Crippen molar-refractivity contribution in [2.75, 3.05) is 19.6 Å². The molecule has 1 spiro atoms. The van der Waals surface area contributed by atoms with Crippen LogP contribution >= 0.6 is 0 Å². The Morgan fingerprint density at radius 1 is 1.16 bits per heavy atom. The number of piperidine rings is 1. The van der Waals surface area contributed by atoms with Gasteiger partial charge in [-0.1, -0.05) is 24.3 Å². The Balaban J connectivity index is 1.11. The van der Waals surface area contributed by atoms with Gasteiger partial charge in [0.25, 0.3) is 5.91 Å². The zero-order valence-electron chi connectivity index (χ0n) is 18.2. The van der Waals surface area contributed by atoms with Crippen molar-refractivity contribution in [1.82, 2.24) is 15.2 Å². The number of carbonyl (C=O) groups excluding carboxylic acids is 1. The van der Waals surface area contributed by atoms with Gasteiger partial charge in [-0.05, 0) is 68.0 Å². The molecule has 5 nitrogen and oxygen atoms in total. The summed E-state index contributed by atoms with van der Waals surface area (Å²) >= 11 is 0. The Morgan fingerprint density at radius 2 is 2.00 bits per heavy atom. The topological polar surface area (TPSA) is 57.4 Å². The molecule has 2 N–H and O–H groups in total. The van der Waals surface area contributed by atoms with Crippen LogP contribution in [0.4, 0.5) is 0 Å². The maximum atomic E-state index is 12.6. The van der Waals surface area contributed by atoms with Gasteiger partial charge >= 0.3 is 0 Å². The van der Waals surface area contributed by atoms with E-state index in [1.54, 1.807) is 0 Å². The van der Waals surface area contributed by atoms with Gasteiger partial charge in [0.1, 0.15) is 0 Å². The fraction of sp³-hybridized carbons (Fsp3) is 0.423. The van der Waals surface area contributed by atoms with Crippen molar-refractivity contribution < 1.29 is 9.53 Å². The molecule has 5 heteroatoms. The number of carbonyl (C=O) groups is 1. The van der Waals surface area contributed by atoms with E-state index >= 15 is 0 Å². The average molecular weight is 418 g/mol. The second-order valence-electron chi connectivity index (χ2n) is 9.15. The number of nitrogens with zero attached hydrogens (tertiary/aromatic N) is 1. The number of aryl methyl sites for hydroxylation is 1.